The van der Waals surface area contributed by atoms with E-state index in [0.29, 0.717) is 10.8 Å². The molecule has 0 bridgehead atoms. The van der Waals surface area contributed by atoms with Crippen molar-refractivity contribution in [1.82, 2.24) is 4.72 Å². The topological polar surface area (TPSA) is 55.4 Å². The molecule has 0 radical (unpaired) electrons. The van der Waals surface area contributed by atoms with E-state index in [9.17, 15) is 9.00 Å². The maximum atomic E-state index is 11.0. The summed E-state index contributed by atoms with van der Waals surface area (Å²) in [5.74, 6) is -0.0428. The Bertz CT molecular complexity index is 352. The molecule has 0 spiro atoms. The average molecular weight is 234 g/mol. The molecule has 1 aromatic carbocycles. The largest absolute Gasteiger partial charge is 0.385 e. The molecule has 0 heterocycles. The van der Waals surface area contributed by atoms with Gasteiger partial charge in [-0.25, -0.2) is 4.72 Å². The summed E-state index contributed by atoms with van der Waals surface area (Å²) in [5, 5.41) is 0.558. The van der Waals surface area contributed by atoms with E-state index in [4.69, 9.17) is 15.8 Å². The molecular weight excluding hydrogens is 226 g/mol. The minimum Gasteiger partial charge on any atom is -0.385 e. The van der Waals surface area contributed by atoms with Crippen molar-refractivity contribution in [3.8, 4) is 5.75 Å². The molecule has 1 amide bonds. The molecule has 1 atom stereocenters. The van der Waals surface area contributed by atoms with Gasteiger partial charge in [-0.05, 0) is 24.3 Å². The number of carbonyl (C=O) groups is 1. The highest BCUT2D eigenvalue weighted by molar-refractivity contribution is 7.79. The highest BCUT2D eigenvalue weighted by Crippen LogP contribution is 2.15. The monoisotopic (exact) mass is 233 g/mol. The summed E-state index contributed by atoms with van der Waals surface area (Å²) >= 11 is 3.78. The van der Waals surface area contributed by atoms with Gasteiger partial charge in [0, 0.05) is 11.9 Å². The van der Waals surface area contributed by atoms with Gasteiger partial charge in [-0.3, -0.25) is 4.79 Å². The van der Waals surface area contributed by atoms with E-state index in [-0.39, 0.29) is 0 Å². The Hall–Kier alpha value is -1.07. The van der Waals surface area contributed by atoms with Crippen molar-refractivity contribution in [2.45, 2.75) is 6.92 Å². The van der Waals surface area contributed by atoms with E-state index in [0.717, 1.165) is 0 Å². The average Bonchev–Trinajstić information content (AvgIpc) is 2.07. The number of halogens is 1. The van der Waals surface area contributed by atoms with Crippen LogP contribution in [0.3, 0.4) is 0 Å². The van der Waals surface area contributed by atoms with Crippen LogP contribution in [0, 0.1) is 0 Å². The van der Waals surface area contributed by atoms with Crippen LogP contribution in [-0.2, 0) is 16.1 Å². The van der Waals surface area contributed by atoms with Gasteiger partial charge in [0.05, 0.1) is 0 Å². The number of hydrogen-bond donors (Lipinski definition) is 1. The van der Waals surface area contributed by atoms with E-state index in [2.05, 4.69) is 4.72 Å². The summed E-state index contributed by atoms with van der Waals surface area (Å²) < 4.78 is 18.0. The third-order valence-corrected chi connectivity index (χ3v) is 2.26. The second-order valence-corrected chi connectivity index (χ2v) is 3.71. The number of amides is 1. The third kappa shape index (κ3) is 3.76. The SMILES string of the molecule is CC(=O)NS(=O)Oc1ccc(Cl)cc1. The van der Waals surface area contributed by atoms with Crippen LogP contribution in [0.4, 0.5) is 0 Å². The fourth-order valence-corrected chi connectivity index (χ4v) is 1.40. The molecule has 0 fully saturated rings. The molecule has 0 saturated heterocycles. The van der Waals surface area contributed by atoms with Gasteiger partial charge in [0.15, 0.2) is 0 Å². The molecule has 14 heavy (non-hydrogen) atoms. The maximum absolute atomic E-state index is 11.0. The van der Waals surface area contributed by atoms with Gasteiger partial charge in [-0.15, -0.1) is 0 Å². The lowest BCUT2D eigenvalue weighted by Gasteiger charge is -2.03. The third-order valence-electron chi connectivity index (χ3n) is 1.21. The summed E-state index contributed by atoms with van der Waals surface area (Å²) in [6.45, 7) is 1.25. The normalized spacial score (nSPS) is 11.9. The number of rotatable bonds is 3. The lowest BCUT2D eigenvalue weighted by atomic mass is 10.3. The van der Waals surface area contributed by atoms with Crippen molar-refractivity contribution in [1.29, 1.82) is 0 Å². The Kier molecular flexibility index (Phi) is 3.91. The predicted octanol–water partition coefficient (Wildman–Crippen LogP) is 1.43. The zero-order chi connectivity index (χ0) is 10.6. The molecule has 0 aromatic heterocycles. The number of benzene rings is 1. The second-order valence-electron chi connectivity index (χ2n) is 2.43. The molecule has 0 aliphatic carbocycles. The molecule has 1 unspecified atom stereocenters. The molecular formula is C8H8ClNO3S. The van der Waals surface area contributed by atoms with Crippen molar-refractivity contribution < 1.29 is 13.2 Å². The fourth-order valence-electron chi connectivity index (χ4n) is 0.716. The van der Waals surface area contributed by atoms with Crippen molar-refractivity contribution in [3.63, 3.8) is 0 Å². The van der Waals surface area contributed by atoms with Gasteiger partial charge in [0.2, 0.25) is 5.91 Å². The molecule has 0 saturated carbocycles. The molecule has 0 aliphatic rings. The number of hydrogen-bond acceptors (Lipinski definition) is 3. The van der Waals surface area contributed by atoms with Crippen LogP contribution in [0.5, 0.6) is 5.75 Å². The summed E-state index contributed by atoms with van der Waals surface area (Å²) in [4.78, 5) is 10.5. The first-order valence-electron chi connectivity index (χ1n) is 3.71. The van der Waals surface area contributed by atoms with E-state index in [1.807, 2.05) is 0 Å². The van der Waals surface area contributed by atoms with E-state index in [1.54, 1.807) is 24.3 Å². The molecule has 1 N–H and O–H groups in total. The van der Waals surface area contributed by atoms with Crippen molar-refractivity contribution in [2.75, 3.05) is 0 Å². The first-order chi connectivity index (χ1) is 6.58. The Morgan fingerprint density at radius 3 is 2.50 bits per heavy atom. The molecule has 0 aliphatic heterocycles. The highest BCUT2D eigenvalue weighted by Gasteiger charge is 2.03. The van der Waals surface area contributed by atoms with Gasteiger partial charge in [-0.1, -0.05) is 11.6 Å². The Morgan fingerprint density at radius 2 is 2.00 bits per heavy atom. The maximum Gasteiger partial charge on any atom is 0.318 e. The van der Waals surface area contributed by atoms with Gasteiger partial charge < -0.3 is 4.18 Å². The van der Waals surface area contributed by atoms with Crippen LogP contribution in [0.1, 0.15) is 6.92 Å². The van der Waals surface area contributed by atoms with Crippen LogP contribution in [0.15, 0.2) is 24.3 Å². The first kappa shape index (κ1) is 11.0. The Labute approximate surface area is 89.0 Å². The zero-order valence-electron chi connectivity index (χ0n) is 7.32. The van der Waals surface area contributed by atoms with Crippen molar-refractivity contribution in [2.24, 2.45) is 0 Å². The number of nitrogens with one attached hydrogen (secondary N) is 1. The van der Waals surface area contributed by atoms with Crippen molar-refractivity contribution >= 4 is 28.8 Å². The van der Waals surface area contributed by atoms with Crippen molar-refractivity contribution in [3.05, 3.63) is 29.3 Å². The van der Waals surface area contributed by atoms with Gasteiger partial charge in [-0.2, -0.15) is 4.21 Å². The van der Waals surface area contributed by atoms with E-state index >= 15 is 0 Å². The van der Waals surface area contributed by atoms with Crippen LogP contribution < -0.4 is 8.91 Å². The predicted molar refractivity (Wildman–Crippen MR) is 54.0 cm³/mol. The molecule has 76 valence electrons. The summed E-state index contributed by atoms with van der Waals surface area (Å²) in [6.07, 6.45) is 0. The zero-order valence-corrected chi connectivity index (χ0v) is 8.89. The summed E-state index contributed by atoms with van der Waals surface area (Å²) in [6, 6.07) is 6.31. The molecule has 1 rings (SSSR count). The molecule has 1 aromatic rings. The minimum atomic E-state index is -1.85. The second kappa shape index (κ2) is 4.97. The lowest BCUT2D eigenvalue weighted by molar-refractivity contribution is -0.117. The van der Waals surface area contributed by atoms with E-state index in [1.165, 1.54) is 6.92 Å². The van der Waals surface area contributed by atoms with Crippen LogP contribution >= 0.6 is 11.6 Å². The fraction of sp³-hybridized carbons (Fsp3) is 0.125. The standard InChI is InChI=1S/C8H8ClNO3S/c1-6(11)10-14(12)13-8-4-2-7(9)3-5-8/h2-5H,1H3,(H,10,11). The highest BCUT2D eigenvalue weighted by atomic mass is 35.5. The molecule has 4 nitrogen and oxygen atoms in total. The van der Waals surface area contributed by atoms with Gasteiger partial charge in [0.1, 0.15) is 5.75 Å². The lowest BCUT2D eigenvalue weighted by Crippen LogP contribution is -2.25. The minimum absolute atomic E-state index is 0.376. The van der Waals surface area contributed by atoms with Crippen LogP contribution in [0.2, 0.25) is 5.02 Å². The van der Waals surface area contributed by atoms with Crippen LogP contribution in [-0.4, -0.2) is 10.1 Å². The first-order valence-corrected chi connectivity index (χ1v) is 5.16. The Morgan fingerprint density at radius 1 is 1.43 bits per heavy atom. The summed E-state index contributed by atoms with van der Waals surface area (Å²) in [7, 11) is 0. The smallest absolute Gasteiger partial charge is 0.318 e. The number of carbonyl (C=O) groups excluding carboxylic acids is 1. The quantitative estimate of drug-likeness (QED) is 0.860. The van der Waals surface area contributed by atoms with Gasteiger partial charge >= 0.3 is 11.3 Å². The van der Waals surface area contributed by atoms with Crippen LogP contribution in [0.25, 0.3) is 0 Å². The molecule has 6 heteroatoms. The summed E-state index contributed by atoms with van der Waals surface area (Å²) in [5.41, 5.74) is 0. The van der Waals surface area contributed by atoms with Gasteiger partial charge in [0.25, 0.3) is 0 Å². The Balaban J connectivity index is 2.56. The van der Waals surface area contributed by atoms with E-state index < -0.39 is 17.2 Å².